The van der Waals surface area contributed by atoms with Gasteiger partial charge in [-0.25, -0.2) is 0 Å². The van der Waals surface area contributed by atoms with Crippen LogP contribution in [0.1, 0.15) is 25.7 Å². The van der Waals surface area contributed by atoms with E-state index in [9.17, 15) is 19.7 Å². The highest BCUT2D eigenvalue weighted by Crippen LogP contribution is 2.27. The maximum absolute atomic E-state index is 11.7. The van der Waals surface area contributed by atoms with Gasteiger partial charge in [0.25, 0.3) is 11.6 Å². The molecule has 1 saturated carbocycles. The average molecular weight is 327 g/mol. The van der Waals surface area contributed by atoms with Crippen LogP contribution < -0.4 is 5.32 Å². The minimum Gasteiger partial charge on any atom is -0.455 e. The molecule has 22 heavy (non-hydrogen) atoms. The van der Waals surface area contributed by atoms with Gasteiger partial charge in [0.05, 0.1) is 21.6 Å². The molecule has 1 fully saturated rings. The smallest absolute Gasteiger partial charge is 0.309 e. The van der Waals surface area contributed by atoms with Gasteiger partial charge in [-0.2, -0.15) is 0 Å². The molecule has 1 aromatic carbocycles. The SMILES string of the molecule is O=C(COC(=O)C1CCCC1)Nc1cc([N+](=O)[O-])ccc1Cl. The maximum atomic E-state index is 11.7. The minimum atomic E-state index is -0.591. The summed E-state index contributed by atoms with van der Waals surface area (Å²) in [7, 11) is 0. The Bertz CT molecular complexity index is 599. The molecule has 0 aliphatic heterocycles. The standard InChI is InChI=1S/C14H15ClN2O5/c15-11-6-5-10(17(20)21)7-12(11)16-13(18)8-22-14(19)9-3-1-2-4-9/h5-7,9H,1-4,8H2,(H,16,18). The number of amides is 1. The lowest BCUT2D eigenvalue weighted by atomic mass is 10.1. The Kier molecular flexibility index (Phi) is 5.32. The first kappa shape index (κ1) is 16.2. The van der Waals surface area contributed by atoms with Crippen LogP contribution in [-0.2, 0) is 14.3 Å². The van der Waals surface area contributed by atoms with Crippen molar-refractivity contribution >= 4 is 34.9 Å². The van der Waals surface area contributed by atoms with Gasteiger partial charge in [-0.15, -0.1) is 0 Å². The summed E-state index contributed by atoms with van der Waals surface area (Å²) in [6.45, 7) is -0.436. The number of benzene rings is 1. The molecular weight excluding hydrogens is 312 g/mol. The van der Waals surface area contributed by atoms with Crippen molar-refractivity contribution in [3.63, 3.8) is 0 Å². The van der Waals surface area contributed by atoms with Crippen LogP contribution in [0.25, 0.3) is 0 Å². The molecule has 0 radical (unpaired) electrons. The van der Waals surface area contributed by atoms with Gasteiger partial charge in [0, 0.05) is 12.1 Å². The number of nitrogens with one attached hydrogen (secondary N) is 1. The van der Waals surface area contributed by atoms with E-state index in [-0.39, 0.29) is 28.3 Å². The van der Waals surface area contributed by atoms with Crippen LogP contribution in [0.4, 0.5) is 11.4 Å². The van der Waals surface area contributed by atoms with Crippen LogP contribution in [0.15, 0.2) is 18.2 Å². The van der Waals surface area contributed by atoms with E-state index in [0.29, 0.717) is 0 Å². The number of nitro benzene ring substituents is 1. The fourth-order valence-corrected chi connectivity index (χ4v) is 2.49. The lowest BCUT2D eigenvalue weighted by molar-refractivity contribution is -0.384. The second-order valence-electron chi connectivity index (χ2n) is 5.06. The molecule has 1 aliphatic carbocycles. The minimum absolute atomic E-state index is 0.109. The van der Waals surface area contributed by atoms with Gasteiger partial charge in [0.2, 0.25) is 0 Å². The van der Waals surface area contributed by atoms with Gasteiger partial charge in [-0.05, 0) is 18.9 Å². The third kappa shape index (κ3) is 4.17. The number of ether oxygens (including phenoxy) is 1. The van der Waals surface area contributed by atoms with Crippen molar-refractivity contribution in [1.29, 1.82) is 0 Å². The fraction of sp³-hybridized carbons (Fsp3) is 0.429. The number of nitrogens with zero attached hydrogens (tertiary/aromatic N) is 1. The Morgan fingerprint density at radius 3 is 2.68 bits per heavy atom. The number of hydrogen-bond acceptors (Lipinski definition) is 5. The zero-order chi connectivity index (χ0) is 16.1. The van der Waals surface area contributed by atoms with Gasteiger partial charge in [-0.3, -0.25) is 19.7 Å². The number of hydrogen-bond donors (Lipinski definition) is 1. The van der Waals surface area contributed by atoms with E-state index >= 15 is 0 Å². The highest BCUT2D eigenvalue weighted by Gasteiger charge is 2.24. The number of non-ortho nitro benzene ring substituents is 1. The van der Waals surface area contributed by atoms with E-state index in [4.69, 9.17) is 16.3 Å². The Morgan fingerprint density at radius 1 is 1.36 bits per heavy atom. The number of halogens is 1. The van der Waals surface area contributed by atoms with E-state index in [1.54, 1.807) is 0 Å². The summed E-state index contributed by atoms with van der Waals surface area (Å²) < 4.78 is 4.95. The lowest BCUT2D eigenvalue weighted by Crippen LogP contribution is -2.23. The highest BCUT2D eigenvalue weighted by molar-refractivity contribution is 6.33. The molecule has 1 N–H and O–H groups in total. The topological polar surface area (TPSA) is 98.5 Å². The fourth-order valence-electron chi connectivity index (χ4n) is 2.32. The molecule has 0 aromatic heterocycles. The Hall–Kier alpha value is -2.15. The monoisotopic (exact) mass is 326 g/mol. The van der Waals surface area contributed by atoms with Gasteiger partial charge in [0.1, 0.15) is 0 Å². The first-order valence-corrected chi connectivity index (χ1v) is 7.25. The predicted octanol–water partition coefficient (Wildman–Crippen LogP) is 2.92. The number of nitro groups is 1. The normalized spacial score (nSPS) is 14.6. The summed E-state index contributed by atoms with van der Waals surface area (Å²) in [5, 5.41) is 13.3. The summed E-state index contributed by atoms with van der Waals surface area (Å²) in [4.78, 5) is 33.5. The average Bonchev–Trinajstić information content (AvgIpc) is 3.01. The lowest BCUT2D eigenvalue weighted by Gasteiger charge is -2.10. The van der Waals surface area contributed by atoms with Crippen LogP contribution >= 0.6 is 11.6 Å². The van der Waals surface area contributed by atoms with Gasteiger partial charge >= 0.3 is 5.97 Å². The largest absolute Gasteiger partial charge is 0.455 e. The molecule has 0 saturated heterocycles. The second kappa shape index (κ2) is 7.22. The van der Waals surface area contributed by atoms with Crippen LogP contribution in [0.5, 0.6) is 0 Å². The molecule has 118 valence electrons. The van der Waals surface area contributed by atoms with Crippen molar-refractivity contribution < 1.29 is 19.2 Å². The second-order valence-corrected chi connectivity index (χ2v) is 5.47. The van der Waals surface area contributed by atoms with E-state index in [1.165, 1.54) is 12.1 Å². The molecule has 0 unspecified atom stereocenters. The van der Waals surface area contributed by atoms with E-state index in [2.05, 4.69) is 5.32 Å². The Balaban J connectivity index is 1.90. The van der Waals surface area contributed by atoms with E-state index in [1.807, 2.05) is 0 Å². The quantitative estimate of drug-likeness (QED) is 0.509. The van der Waals surface area contributed by atoms with Gasteiger partial charge in [0.15, 0.2) is 6.61 Å². The van der Waals surface area contributed by atoms with Crippen molar-refractivity contribution in [3.05, 3.63) is 33.3 Å². The highest BCUT2D eigenvalue weighted by atomic mass is 35.5. The van der Waals surface area contributed by atoms with Crippen molar-refractivity contribution in [1.82, 2.24) is 0 Å². The first-order valence-electron chi connectivity index (χ1n) is 6.88. The van der Waals surface area contributed by atoms with Crippen molar-refractivity contribution in [2.24, 2.45) is 5.92 Å². The molecule has 1 amide bonds. The Morgan fingerprint density at radius 2 is 2.05 bits per heavy atom. The maximum Gasteiger partial charge on any atom is 0.309 e. The molecule has 0 heterocycles. The molecule has 8 heteroatoms. The predicted molar refractivity (Wildman–Crippen MR) is 79.7 cm³/mol. The van der Waals surface area contributed by atoms with Crippen molar-refractivity contribution in [2.45, 2.75) is 25.7 Å². The zero-order valence-corrected chi connectivity index (χ0v) is 12.5. The summed E-state index contributed by atoms with van der Waals surface area (Å²) in [5.74, 6) is -1.10. The third-order valence-corrected chi connectivity index (χ3v) is 3.80. The molecule has 1 aliphatic rings. The van der Waals surface area contributed by atoms with Gasteiger partial charge < -0.3 is 10.1 Å². The molecule has 2 rings (SSSR count). The zero-order valence-electron chi connectivity index (χ0n) is 11.7. The summed E-state index contributed by atoms with van der Waals surface area (Å²) in [6.07, 6.45) is 3.57. The summed E-state index contributed by atoms with van der Waals surface area (Å²) >= 11 is 5.87. The van der Waals surface area contributed by atoms with Crippen LogP contribution in [0.3, 0.4) is 0 Å². The first-order chi connectivity index (χ1) is 10.5. The van der Waals surface area contributed by atoms with Gasteiger partial charge in [-0.1, -0.05) is 24.4 Å². The van der Waals surface area contributed by atoms with Crippen molar-refractivity contribution in [2.75, 3.05) is 11.9 Å². The molecule has 0 spiro atoms. The number of esters is 1. The molecular formula is C14H15ClN2O5. The molecule has 0 atom stereocenters. The number of carbonyl (C=O) groups is 2. The molecule has 7 nitrogen and oxygen atoms in total. The molecule has 1 aromatic rings. The Labute approximate surface area is 131 Å². The van der Waals surface area contributed by atoms with E-state index < -0.39 is 17.4 Å². The summed E-state index contributed by atoms with van der Waals surface area (Å²) in [5.41, 5.74) is -0.0829. The van der Waals surface area contributed by atoms with Crippen LogP contribution in [-0.4, -0.2) is 23.4 Å². The number of rotatable bonds is 5. The number of anilines is 1. The van der Waals surface area contributed by atoms with Crippen molar-refractivity contribution in [3.8, 4) is 0 Å². The number of carbonyl (C=O) groups excluding carboxylic acids is 2. The van der Waals surface area contributed by atoms with E-state index in [0.717, 1.165) is 31.7 Å². The third-order valence-electron chi connectivity index (χ3n) is 3.47. The molecule has 0 bridgehead atoms. The van der Waals surface area contributed by atoms with Crippen LogP contribution in [0, 0.1) is 16.0 Å². The van der Waals surface area contributed by atoms with Crippen LogP contribution in [0.2, 0.25) is 5.02 Å². The summed E-state index contributed by atoms with van der Waals surface area (Å²) in [6, 6.07) is 3.71.